The van der Waals surface area contributed by atoms with Crippen molar-refractivity contribution >= 4 is 12.0 Å². The second-order valence-electron chi connectivity index (χ2n) is 7.53. The van der Waals surface area contributed by atoms with Gasteiger partial charge in [-0.3, -0.25) is 0 Å². The quantitative estimate of drug-likeness (QED) is 0.262. The molecule has 0 saturated carbocycles. The van der Waals surface area contributed by atoms with Gasteiger partial charge in [0.05, 0.1) is 24.1 Å². The summed E-state index contributed by atoms with van der Waals surface area (Å²) in [6, 6.07) is 16.9. The molecule has 0 atom stereocenters. The number of carbonyl (C=O) groups excluding carboxylic acids is 1. The Morgan fingerprint density at radius 3 is 2.62 bits per heavy atom. The fraction of sp³-hybridized carbons (Fsp3) is 0.192. The molecule has 0 radical (unpaired) electrons. The van der Waals surface area contributed by atoms with Gasteiger partial charge in [-0.25, -0.2) is 9.48 Å². The number of aromatic nitrogens is 3. The number of nitrogens with zero attached hydrogens (tertiary/aromatic N) is 3. The summed E-state index contributed by atoms with van der Waals surface area (Å²) < 4.78 is 23.5. The highest BCUT2D eigenvalue weighted by atomic mass is 16.5. The van der Waals surface area contributed by atoms with Crippen LogP contribution in [0.3, 0.4) is 0 Å². The topological polar surface area (TPSA) is 88.6 Å². The maximum Gasteiger partial charge on any atom is 0.331 e. The summed E-state index contributed by atoms with van der Waals surface area (Å²) in [7, 11) is 1.56. The van der Waals surface area contributed by atoms with Gasteiger partial charge in [0.2, 0.25) is 0 Å². The van der Waals surface area contributed by atoms with Gasteiger partial charge in [0.25, 0.3) is 0 Å². The van der Waals surface area contributed by atoms with Crippen LogP contribution < -0.4 is 9.47 Å². The van der Waals surface area contributed by atoms with Crippen molar-refractivity contribution in [3.05, 3.63) is 95.1 Å². The number of methoxy groups -OCH3 is 1. The molecule has 0 saturated heterocycles. The minimum atomic E-state index is -0.466. The van der Waals surface area contributed by atoms with Gasteiger partial charge in [-0.05, 0) is 55.8 Å². The summed E-state index contributed by atoms with van der Waals surface area (Å²) in [6.45, 7) is 4.12. The summed E-state index contributed by atoms with van der Waals surface area (Å²) >= 11 is 0. The van der Waals surface area contributed by atoms with Crippen molar-refractivity contribution in [3.8, 4) is 17.2 Å². The number of rotatable bonds is 9. The van der Waals surface area contributed by atoms with Crippen LogP contribution in [0.2, 0.25) is 0 Å². The molecule has 0 bridgehead atoms. The van der Waals surface area contributed by atoms with E-state index in [9.17, 15) is 4.79 Å². The smallest absolute Gasteiger partial charge is 0.331 e. The molecule has 0 N–H and O–H groups in total. The molecule has 34 heavy (non-hydrogen) atoms. The number of hydrogen-bond donors (Lipinski definition) is 0. The number of aryl methyl sites for hydroxylation is 2. The number of ether oxygens (including phenoxy) is 3. The fourth-order valence-corrected chi connectivity index (χ4v) is 3.29. The highest BCUT2D eigenvalue weighted by Crippen LogP contribution is 2.30. The summed E-state index contributed by atoms with van der Waals surface area (Å²) in [4.78, 5) is 12.2. The first-order chi connectivity index (χ1) is 16.5. The van der Waals surface area contributed by atoms with Crippen LogP contribution in [0.1, 0.15) is 28.3 Å². The Balaban J connectivity index is 1.33. The summed E-state index contributed by atoms with van der Waals surface area (Å²) in [5.74, 6) is 1.39. The van der Waals surface area contributed by atoms with Crippen molar-refractivity contribution in [2.24, 2.45) is 0 Å². The molecule has 2 heterocycles. The predicted molar refractivity (Wildman–Crippen MR) is 126 cm³/mol. The molecule has 2 aromatic heterocycles. The first-order valence-corrected chi connectivity index (χ1v) is 10.7. The minimum absolute atomic E-state index is 0.0841. The first kappa shape index (κ1) is 22.8. The van der Waals surface area contributed by atoms with Gasteiger partial charge in [-0.2, -0.15) is 5.10 Å². The molecule has 0 spiro atoms. The van der Waals surface area contributed by atoms with Crippen molar-refractivity contribution in [3.63, 3.8) is 0 Å². The number of esters is 1. The third-order valence-electron chi connectivity index (χ3n) is 5.18. The summed E-state index contributed by atoms with van der Waals surface area (Å²) in [5.41, 5.74) is 4.07. The SMILES string of the molecule is COc1cc(/C=C/C(=O)OCc2ccn(-c3ccccc3)n2)ccc1OCc1c(C)noc1C. The van der Waals surface area contributed by atoms with Crippen LogP contribution in [0.15, 0.2) is 71.4 Å². The van der Waals surface area contributed by atoms with Gasteiger partial charge in [0.1, 0.15) is 24.7 Å². The normalized spacial score (nSPS) is 11.0. The highest BCUT2D eigenvalue weighted by Gasteiger charge is 2.12. The van der Waals surface area contributed by atoms with Crippen LogP contribution >= 0.6 is 0 Å². The molecule has 0 aliphatic carbocycles. The molecule has 0 amide bonds. The minimum Gasteiger partial charge on any atom is -0.493 e. The van der Waals surface area contributed by atoms with E-state index in [0.717, 1.165) is 28.3 Å². The summed E-state index contributed by atoms with van der Waals surface area (Å²) in [5, 5.41) is 8.36. The molecule has 8 nitrogen and oxygen atoms in total. The van der Waals surface area contributed by atoms with E-state index in [1.807, 2.05) is 62.5 Å². The highest BCUT2D eigenvalue weighted by molar-refractivity contribution is 5.87. The Labute approximate surface area is 197 Å². The lowest BCUT2D eigenvalue weighted by Crippen LogP contribution is -2.02. The maximum atomic E-state index is 12.2. The Hall–Kier alpha value is -4.33. The van der Waals surface area contributed by atoms with Crippen molar-refractivity contribution in [1.29, 1.82) is 0 Å². The average molecular weight is 460 g/mol. The van der Waals surface area contributed by atoms with E-state index in [2.05, 4.69) is 10.3 Å². The van der Waals surface area contributed by atoms with Gasteiger partial charge in [0.15, 0.2) is 11.5 Å². The fourth-order valence-electron chi connectivity index (χ4n) is 3.29. The summed E-state index contributed by atoms with van der Waals surface area (Å²) in [6.07, 6.45) is 4.86. The maximum absolute atomic E-state index is 12.2. The Morgan fingerprint density at radius 1 is 1.06 bits per heavy atom. The number of benzene rings is 2. The molecule has 4 rings (SSSR count). The van der Waals surface area contributed by atoms with Crippen LogP contribution in [0.4, 0.5) is 0 Å². The Morgan fingerprint density at radius 2 is 1.88 bits per heavy atom. The van der Waals surface area contributed by atoms with Gasteiger partial charge in [0, 0.05) is 12.3 Å². The molecule has 2 aromatic carbocycles. The largest absolute Gasteiger partial charge is 0.493 e. The number of carbonyl (C=O) groups is 1. The third-order valence-corrected chi connectivity index (χ3v) is 5.18. The van der Waals surface area contributed by atoms with E-state index in [1.165, 1.54) is 6.08 Å². The zero-order valence-corrected chi connectivity index (χ0v) is 19.2. The van der Waals surface area contributed by atoms with E-state index in [-0.39, 0.29) is 6.61 Å². The zero-order chi connectivity index (χ0) is 23.9. The first-order valence-electron chi connectivity index (χ1n) is 10.7. The van der Waals surface area contributed by atoms with Gasteiger partial charge < -0.3 is 18.7 Å². The van der Waals surface area contributed by atoms with E-state index in [1.54, 1.807) is 30.0 Å². The van der Waals surface area contributed by atoms with Gasteiger partial charge in [-0.15, -0.1) is 0 Å². The van der Waals surface area contributed by atoms with E-state index >= 15 is 0 Å². The van der Waals surface area contributed by atoms with Crippen molar-refractivity contribution < 1.29 is 23.5 Å². The third kappa shape index (κ3) is 5.53. The van der Waals surface area contributed by atoms with E-state index < -0.39 is 5.97 Å². The number of hydrogen-bond acceptors (Lipinski definition) is 7. The molecule has 0 fully saturated rings. The van der Waals surface area contributed by atoms with Gasteiger partial charge in [-0.1, -0.05) is 29.4 Å². The molecule has 0 unspecified atom stereocenters. The average Bonchev–Trinajstić information content (AvgIpc) is 3.47. The van der Waals surface area contributed by atoms with E-state index in [0.29, 0.717) is 23.8 Å². The van der Waals surface area contributed by atoms with Crippen LogP contribution in [0, 0.1) is 13.8 Å². The van der Waals surface area contributed by atoms with E-state index in [4.69, 9.17) is 18.7 Å². The van der Waals surface area contributed by atoms with Crippen LogP contribution in [-0.4, -0.2) is 28.0 Å². The molecular weight excluding hydrogens is 434 g/mol. The van der Waals surface area contributed by atoms with Crippen LogP contribution in [0.25, 0.3) is 11.8 Å². The number of para-hydroxylation sites is 1. The zero-order valence-electron chi connectivity index (χ0n) is 19.2. The van der Waals surface area contributed by atoms with Gasteiger partial charge >= 0.3 is 5.97 Å². The second-order valence-corrected chi connectivity index (χ2v) is 7.53. The predicted octanol–water partition coefficient (Wildman–Crippen LogP) is 4.82. The second kappa shape index (κ2) is 10.5. The van der Waals surface area contributed by atoms with Crippen molar-refractivity contribution in [2.75, 3.05) is 7.11 Å². The monoisotopic (exact) mass is 459 g/mol. The van der Waals surface area contributed by atoms with Crippen molar-refractivity contribution in [2.45, 2.75) is 27.1 Å². The lowest BCUT2D eigenvalue weighted by molar-refractivity contribution is -0.139. The standard InChI is InChI=1S/C26H25N3O5/c1-18-23(19(2)34-28-18)17-32-24-11-9-20(15-25(24)31-3)10-12-26(30)33-16-21-13-14-29(27-21)22-7-5-4-6-8-22/h4-15H,16-17H2,1-3H3/b12-10+. The van der Waals surface area contributed by atoms with Crippen LogP contribution in [-0.2, 0) is 22.7 Å². The van der Waals surface area contributed by atoms with Crippen LogP contribution in [0.5, 0.6) is 11.5 Å². The Kier molecular flexibility index (Phi) is 7.07. The lowest BCUT2D eigenvalue weighted by Gasteiger charge is -2.11. The lowest BCUT2D eigenvalue weighted by atomic mass is 10.2. The van der Waals surface area contributed by atoms with Crippen molar-refractivity contribution in [1.82, 2.24) is 14.9 Å². The molecule has 8 heteroatoms. The molecule has 0 aliphatic rings. The molecule has 0 aliphatic heterocycles. The Bertz CT molecular complexity index is 1270. The molecule has 174 valence electrons. The molecule has 4 aromatic rings. The molecular formula is C26H25N3O5.